The normalized spacial score (nSPS) is 16.3. The quantitative estimate of drug-likeness (QED) is 0.619. The van der Waals surface area contributed by atoms with Gasteiger partial charge < -0.3 is 9.32 Å². The molecule has 154 valence electrons. The molecule has 1 fully saturated rings. The van der Waals surface area contributed by atoms with Gasteiger partial charge in [-0.2, -0.15) is 0 Å². The van der Waals surface area contributed by atoms with Crippen molar-refractivity contribution in [2.24, 2.45) is 0 Å². The molecule has 1 aliphatic heterocycles. The highest BCUT2D eigenvalue weighted by atomic mass is 32.1. The highest BCUT2D eigenvalue weighted by molar-refractivity contribution is 7.09. The molecule has 3 heterocycles. The van der Waals surface area contributed by atoms with Gasteiger partial charge in [0.2, 0.25) is 0 Å². The van der Waals surface area contributed by atoms with Crippen LogP contribution in [0.1, 0.15) is 54.0 Å². The van der Waals surface area contributed by atoms with Gasteiger partial charge >= 0.3 is 0 Å². The summed E-state index contributed by atoms with van der Waals surface area (Å²) in [5, 5.41) is 4.37. The fraction of sp³-hybridized carbons (Fsp3) is 0.478. The van der Waals surface area contributed by atoms with Gasteiger partial charge in [-0.05, 0) is 19.4 Å². The molecule has 1 aromatic carbocycles. The van der Waals surface area contributed by atoms with Crippen LogP contribution in [-0.2, 0) is 12.0 Å². The molecule has 3 aromatic rings. The van der Waals surface area contributed by atoms with Crippen molar-refractivity contribution in [3.63, 3.8) is 0 Å². The average molecular weight is 412 g/mol. The maximum atomic E-state index is 13.1. The lowest BCUT2D eigenvalue weighted by molar-refractivity contribution is 0.0730. The second-order valence-corrected chi connectivity index (χ2v) is 9.73. The number of carbonyl (C=O) groups is 1. The van der Waals surface area contributed by atoms with Gasteiger partial charge in [-0.3, -0.25) is 9.69 Å². The van der Waals surface area contributed by atoms with Gasteiger partial charge in [-0.15, -0.1) is 11.3 Å². The van der Waals surface area contributed by atoms with E-state index in [1.807, 2.05) is 36.1 Å². The number of fused-ring (bicyclic) bond motifs is 1. The average Bonchev–Trinajstić information content (AvgIpc) is 3.21. The molecule has 5 nitrogen and oxygen atoms in total. The van der Waals surface area contributed by atoms with Gasteiger partial charge in [0.15, 0.2) is 5.76 Å². The molecule has 0 unspecified atom stereocenters. The van der Waals surface area contributed by atoms with E-state index in [0.717, 1.165) is 54.8 Å². The molecule has 1 saturated heterocycles. The van der Waals surface area contributed by atoms with Crippen LogP contribution < -0.4 is 0 Å². The predicted molar refractivity (Wildman–Crippen MR) is 118 cm³/mol. The number of nitrogens with zero attached hydrogens (tertiary/aromatic N) is 3. The van der Waals surface area contributed by atoms with Crippen LogP contribution in [0.15, 0.2) is 34.1 Å². The second-order valence-electron chi connectivity index (χ2n) is 8.87. The summed E-state index contributed by atoms with van der Waals surface area (Å²) in [6.45, 7) is 12.7. The third-order valence-electron chi connectivity index (χ3n) is 5.49. The lowest BCUT2D eigenvalue weighted by Crippen LogP contribution is -2.35. The molecule has 4 rings (SSSR count). The fourth-order valence-corrected chi connectivity index (χ4v) is 4.71. The third-order valence-corrected chi connectivity index (χ3v) is 6.81. The molecular formula is C23H29N3O2S. The molecule has 0 N–H and O–H groups in total. The van der Waals surface area contributed by atoms with E-state index in [1.54, 1.807) is 11.3 Å². The maximum Gasteiger partial charge on any atom is 0.289 e. The molecule has 0 aliphatic carbocycles. The van der Waals surface area contributed by atoms with Gasteiger partial charge in [-0.25, -0.2) is 4.98 Å². The first kappa shape index (κ1) is 20.1. The van der Waals surface area contributed by atoms with E-state index < -0.39 is 0 Å². The highest BCUT2D eigenvalue weighted by Crippen LogP contribution is 2.27. The molecule has 29 heavy (non-hydrogen) atoms. The molecule has 0 spiro atoms. The molecule has 6 heteroatoms. The number of carbonyl (C=O) groups excluding carboxylic acids is 1. The Morgan fingerprint density at radius 3 is 2.69 bits per heavy atom. The minimum atomic E-state index is 0.00391. The Morgan fingerprint density at radius 1 is 1.17 bits per heavy atom. The van der Waals surface area contributed by atoms with Crippen molar-refractivity contribution in [2.75, 3.05) is 26.2 Å². The van der Waals surface area contributed by atoms with Crippen LogP contribution >= 0.6 is 11.3 Å². The first-order chi connectivity index (χ1) is 13.8. The van der Waals surface area contributed by atoms with Crippen LogP contribution in [0.5, 0.6) is 0 Å². The first-order valence-electron chi connectivity index (χ1n) is 10.3. The number of rotatable bonds is 3. The molecule has 0 radical (unpaired) electrons. The summed E-state index contributed by atoms with van der Waals surface area (Å²) in [6, 6.07) is 7.84. The lowest BCUT2D eigenvalue weighted by Gasteiger charge is -2.21. The Kier molecular flexibility index (Phi) is 5.49. The van der Waals surface area contributed by atoms with Crippen LogP contribution in [0, 0.1) is 6.92 Å². The number of hydrogen-bond donors (Lipinski definition) is 0. The minimum absolute atomic E-state index is 0.00391. The minimum Gasteiger partial charge on any atom is -0.451 e. The molecule has 0 bridgehead atoms. The lowest BCUT2D eigenvalue weighted by atomic mass is 9.98. The molecule has 0 saturated carbocycles. The number of aromatic nitrogens is 1. The van der Waals surface area contributed by atoms with E-state index in [-0.39, 0.29) is 11.3 Å². The van der Waals surface area contributed by atoms with Gasteiger partial charge in [0.05, 0.1) is 10.7 Å². The van der Waals surface area contributed by atoms with Gasteiger partial charge in [0.25, 0.3) is 5.91 Å². The summed E-state index contributed by atoms with van der Waals surface area (Å²) >= 11 is 1.74. The van der Waals surface area contributed by atoms with E-state index in [9.17, 15) is 4.79 Å². The highest BCUT2D eigenvalue weighted by Gasteiger charge is 2.26. The largest absolute Gasteiger partial charge is 0.451 e. The Labute approximate surface area is 176 Å². The first-order valence-corrected chi connectivity index (χ1v) is 11.2. The number of hydrogen-bond acceptors (Lipinski definition) is 5. The number of aryl methyl sites for hydroxylation is 1. The fourth-order valence-electron chi connectivity index (χ4n) is 3.81. The van der Waals surface area contributed by atoms with E-state index >= 15 is 0 Å². The van der Waals surface area contributed by atoms with Crippen LogP contribution in [0.25, 0.3) is 11.0 Å². The van der Waals surface area contributed by atoms with Gasteiger partial charge in [-0.1, -0.05) is 39.0 Å². The summed E-state index contributed by atoms with van der Waals surface area (Å²) in [5.74, 6) is 0.484. The zero-order valence-corrected chi connectivity index (χ0v) is 18.5. The topological polar surface area (TPSA) is 49.6 Å². The third kappa shape index (κ3) is 4.23. The number of benzene rings is 1. The van der Waals surface area contributed by atoms with Crippen molar-refractivity contribution in [3.05, 3.63) is 51.7 Å². The standard InChI is InChI=1S/C23H29N3O2S/c1-16-18-8-5-6-9-19(18)28-20(16)21(27)26-11-7-10-25(12-13-26)14-17-15-29-22(24-17)23(2,3)4/h5-6,8-9,15H,7,10-14H2,1-4H3. The molecular weight excluding hydrogens is 382 g/mol. The van der Waals surface area contributed by atoms with E-state index in [4.69, 9.17) is 9.40 Å². The zero-order valence-electron chi connectivity index (χ0n) is 17.7. The van der Waals surface area contributed by atoms with Crippen molar-refractivity contribution >= 4 is 28.2 Å². The van der Waals surface area contributed by atoms with Crippen molar-refractivity contribution in [2.45, 2.75) is 46.1 Å². The zero-order chi connectivity index (χ0) is 20.6. The number of furan rings is 1. The Morgan fingerprint density at radius 2 is 1.97 bits per heavy atom. The van der Waals surface area contributed by atoms with Crippen molar-refractivity contribution in [3.8, 4) is 0 Å². The van der Waals surface area contributed by atoms with Crippen LogP contribution in [0.3, 0.4) is 0 Å². The predicted octanol–water partition coefficient (Wildman–Crippen LogP) is 4.84. The van der Waals surface area contributed by atoms with E-state index in [2.05, 4.69) is 31.1 Å². The van der Waals surface area contributed by atoms with Crippen molar-refractivity contribution in [1.29, 1.82) is 0 Å². The number of thiazole rings is 1. The smallest absolute Gasteiger partial charge is 0.289 e. The number of para-hydroxylation sites is 1. The summed E-state index contributed by atoms with van der Waals surface area (Å²) in [4.78, 5) is 22.3. The molecule has 2 aromatic heterocycles. The summed E-state index contributed by atoms with van der Waals surface area (Å²) in [7, 11) is 0. The monoisotopic (exact) mass is 411 g/mol. The Bertz CT molecular complexity index is 1010. The van der Waals surface area contributed by atoms with Crippen LogP contribution in [-0.4, -0.2) is 46.9 Å². The van der Waals surface area contributed by atoms with Crippen molar-refractivity contribution < 1.29 is 9.21 Å². The summed E-state index contributed by atoms with van der Waals surface area (Å²) < 4.78 is 5.90. The molecule has 1 aliphatic rings. The van der Waals surface area contributed by atoms with E-state index in [0.29, 0.717) is 12.3 Å². The summed E-state index contributed by atoms with van der Waals surface area (Å²) in [5.41, 5.74) is 2.94. The Hall–Kier alpha value is -2.18. The molecule has 1 amide bonds. The van der Waals surface area contributed by atoms with Gasteiger partial charge in [0.1, 0.15) is 5.58 Å². The SMILES string of the molecule is Cc1c(C(=O)N2CCCN(Cc3csc(C(C)(C)C)n3)CC2)oc2ccccc12. The van der Waals surface area contributed by atoms with Gasteiger partial charge in [0, 0.05) is 54.5 Å². The maximum absolute atomic E-state index is 13.1. The van der Waals surface area contributed by atoms with E-state index in [1.165, 1.54) is 5.01 Å². The number of amides is 1. The molecule has 0 atom stereocenters. The second kappa shape index (κ2) is 7.92. The van der Waals surface area contributed by atoms with Crippen LogP contribution in [0.4, 0.5) is 0 Å². The summed E-state index contributed by atoms with van der Waals surface area (Å²) in [6.07, 6.45) is 0.960. The van der Waals surface area contributed by atoms with Crippen molar-refractivity contribution in [1.82, 2.24) is 14.8 Å². The Balaban J connectivity index is 1.42. The van der Waals surface area contributed by atoms with Crippen LogP contribution in [0.2, 0.25) is 0 Å².